The van der Waals surface area contributed by atoms with E-state index in [-0.39, 0.29) is 18.4 Å². The molecule has 150 valence electrons. The molecule has 0 aliphatic carbocycles. The Morgan fingerprint density at radius 2 is 1.89 bits per heavy atom. The van der Waals surface area contributed by atoms with Crippen LogP contribution in [0.5, 0.6) is 0 Å². The zero-order valence-electron chi connectivity index (χ0n) is 16.3. The van der Waals surface area contributed by atoms with Crippen LogP contribution in [-0.4, -0.2) is 43.5 Å². The topological polar surface area (TPSA) is 132 Å². The van der Waals surface area contributed by atoms with Crippen molar-refractivity contribution in [2.75, 3.05) is 13.6 Å². The number of hydrogen-bond acceptors (Lipinski definition) is 5. The fourth-order valence-corrected chi connectivity index (χ4v) is 2.33. The fourth-order valence-electron chi connectivity index (χ4n) is 2.33. The first kappa shape index (κ1) is 22.4. The van der Waals surface area contributed by atoms with Crippen LogP contribution in [0.2, 0.25) is 0 Å². The van der Waals surface area contributed by atoms with Crippen LogP contribution in [0.15, 0.2) is 35.3 Å². The van der Waals surface area contributed by atoms with E-state index < -0.39 is 18.1 Å². The van der Waals surface area contributed by atoms with Crippen LogP contribution in [0, 0.1) is 5.92 Å². The number of carbonyl (C=O) groups excluding carboxylic acids is 2. The smallest absolute Gasteiger partial charge is 0.329 e. The summed E-state index contributed by atoms with van der Waals surface area (Å²) in [5.74, 6) is -0.619. The maximum absolute atomic E-state index is 12.4. The lowest BCUT2D eigenvalue weighted by atomic mass is 10.0. The van der Waals surface area contributed by atoms with Crippen LogP contribution in [-0.2, 0) is 20.9 Å². The zero-order valence-corrected chi connectivity index (χ0v) is 16.3. The minimum absolute atomic E-state index is 0.119. The monoisotopic (exact) mass is 377 g/mol. The molecule has 8 heteroatoms. The maximum atomic E-state index is 12.4. The molecule has 0 fully saturated rings. The third-order valence-corrected chi connectivity index (χ3v) is 4.02. The fraction of sp³-hybridized carbons (Fsp3) is 0.526. The van der Waals surface area contributed by atoms with Crippen LogP contribution in [0.4, 0.5) is 0 Å². The first-order chi connectivity index (χ1) is 12.8. The third kappa shape index (κ3) is 8.54. The lowest BCUT2D eigenvalue weighted by Crippen LogP contribution is -2.51. The molecule has 0 aliphatic heterocycles. The molecular formula is C19H31N5O3. The van der Waals surface area contributed by atoms with E-state index in [1.54, 1.807) is 7.05 Å². The van der Waals surface area contributed by atoms with Gasteiger partial charge in [0.05, 0.1) is 6.04 Å². The van der Waals surface area contributed by atoms with Crippen LogP contribution < -0.4 is 22.1 Å². The van der Waals surface area contributed by atoms with Crippen molar-refractivity contribution in [1.29, 1.82) is 0 Å². The summed E-state index contributed by atoms with van der Waals surface area (Å²) in [6, 6.07) is 7.93. The average Bonchev–Trinajstić information content (AvgIpc) is 2.67. The van der Waals surface area contributed by atoms with Crippen LogP contribution in [0.1, 0.15) is 32.3 Å². The van der Waals surface area contributed by atoms with Crippen molar-refractivity contribution in [2.24, 2.45) is 22.4 Å². The number of esters is 1. The van der Waals surface area contributed by atoms with Gasteiger partial charge in [-0.25, -0.2) is 4.79 Å². The van der Waals surface area contributed by atoms with Crippen molar-refractivity contribution in [1.82, 2.24) is 10.6 Å². The van der Waals surface area contributed by atoms with Crippen molar-refractivity contribution in [3.05, 3.63) is 35.9 Å². The van der Waals surface area contributed by atoms with Crippen LogP contribution in [0.25, 0.3) is 0 Å². The van der Waals surface area contributed by atoms with Gasteiger partial charge in [-0.3, -0.25) is 9.79 Å². The molecule has 0 aromatic heterocycles. The summed E-state index contributed by atoms with van der Waals surface area (Å²) in [5.41, 5.74) is 12.3. The summed E-state index contributed by atoms with van der Waals surface area (Å²) in [4.78, 5) is 28.5. The van der Waals surface area contributed by atoms with E-state index in [1.807, 2.05) is 44.2 Å². The summed E-state index contributed by atoms with van der Waals surface area (Å²) < 4.78 is 5.34. The number of carbonyl (C=O) groups is 2. The molecule has 0 bridgehead atoms. The van der Waals surface area contributed by atoms with Gasteiger partial charge in [0.1, 0.15) is 12.6 Å². The second-order valence-corrected chi connectivity index (χ2v) is 6.61. The van der Waals surface area contributed by atoms with Gasteiger partial charge in [0.25, 0.3) is 0 Å². The van der Waals surface area contributed by atoms with Gasteiger partial charge in [0.15, 0.2) is 5.96 Å². The van der Waals surface area contributed by atoms with Crippen molar-refractivity contribution in [2.45, 2.75) is 45.4 Å². The molecule has 0 unspecified atom stereocenters. The summed E-state index contributed by atoms with van der Waals surface area (Å²) in [7, 11) is 1.59. The molecule has 1 amide bonds. The Balaban J connectivity index is 2.47. The minimum atomic E-state index is -0.742. The second kappa shape index (κ2) is 11.9. The first-order valence-corrected chi connectivity index (χ1v) is 9.07. The number of nitrogens with zero attached hydrogens (tertiary/aromatic N) is 1. The first-order valence-electron chi connectivity index (χ1n) is 9.07. The highest BCUT2D eigenvalue weighted by atomic mass is 16.5. The quantitative estimate of drug-likeness (QED) is 0.203. The number of ether oxygens (including phenoxy) is 1. The standard InChI is InChI=1S/C19H31N5O3/c1-13(2)16(18(26)27-12-14-8-5-4-6-9-14)24-17(25)15(20)10-7-11-23-19(21)22-3/h4-6,8-9,13,15-16H,7,10-12,20H2,1-3H3,(H,24,25)(H3,21,22,23)/t15-,16+/m1/s1. The Morgan fingerprint density at radius 1 is 1.22 bits per heavy atom. The molecule has 0 radical (unpaired) electrons. The number of benzene rings is 1. The zero-order chi connectivity index (χ0) is 20.2. The highest BCUT2D eigenvalue weighted by Gasteiger charge is 2.27. The summed E-state index contributed by atoms with van der Waals surface area (Å²) in [6.45, 7) is 4.42. The number of nitrogens with one attached hydrogen (secondary N) is 2. The lowest BCUT2D eigenvalue weighted by Gasteiger charge is -2.23. The normalized spacial score (nSPS) is 13.7. The van der Waals surface area contributed by atoms with E-state index in [0.29, 0.717) is 25.3 Å². The van der Waals surface area contributed by atoms with Gasteiger partial charge in [-0.05, 0) is 24.3 Å². The maximum Gasteiger partial charge on any atom is 0.329 e. The van der Waals surface area contributed by atoms with Gasteiger partial charge in [-0.2, -0.15) is 0 Å². The van der Waals surface area contributed by atoms with E-state index in [4.69, 9.17) is 16.2 Å². The van der Waals surface area contributed by atoms with Crippen LogP contribution >= 0.6 is 0 Å². The van der Waals surface area contributed by atoms with Crippen molar-refractivity contribution in [3.63, 3.8) is 0 Å². The van der Waals surface area contributed by atoms with Gasteiger partial charge in [0.2, 0.25) is 5.91 Å². The Kier molecular flexibility index (Phi) is 9.89. The van der Waals surface area contributed by atoms with E-state index in [0.717, 1.165) is 5.56 Å². The van der Waals surface area contributed by atoms with Crippen molar-refractivity contribution >= 4 is 17.8 Å². The van der Waals surface area contributed by atoms with E-state index in [9.17, 15) is 9.59 Å². The van der Waals surface area contributed by atoms with Gasteiger partial charge in [-0.1, -0.05) is 44.2 Å². The molecule has 0 heterocycles. The largest absolute Gasteiger partial charge is 0.459 e. The van der Waals surface area contributed by atoms with Gasteiger partial charge >= 0.3 is 5.97 Å². The molecule has 0 saturated heterocycles. The summed E-state index contributed by atoms with van der Waals surface area (Å²) >= 11 is 0. The molecule has 0 spiro atoms. The highest BCUT2D eigenvalue weighted by Crippen LogP contribution is 2.08. The van der Waals surface area contributed by atoms with E-state index in [1.165, 1.54) is 0 Å². The molecule has 6 N–H and O–H groups in total. The molecule has 27 heavy (non-hydrogen) atoms. The highest BCUT2D eigenvalue weighted by molar-refractivity contribution is 5.87. The van der Waals surface area contributed by atoms with E-state index in [2.05, 4.69) is 15.6 Å². The number of aliphatic imine (C=N–C) groups is 1. The second-order valence-electron chi connectivity index (χ2n) is 6.61. The molecule has 0 aliphatic rings. The van der Waals surface area contributed by atoms with Gasteiger partial charge < -0.3 is 26.8 Å². The molecule has 1 aromatic rings. The predicted octanol–water partition coefficient (Wildman–Crippen LogP) is 0.512. The number of amides is 1. The van der Waals surface area contributed by atoms with Gasteiger partial charge in [0, 0.05) is 13.6 Å². The molecule has 1 rings (SSSR count). The SMILES string of the molecule is CN=C(N)NCCC[C@@H](N)C(=O)N[C@H](C(=O)OCc1ccccc1)C(C)C. The Labute approximate surface area is 160 Å². The Morgan fingerprint density at radius 3 is 2.48 bits per heavy atom. The van der Waals surface area contributed by atoms with Crippen molar-refractivity contribution < 1.29 is 14.3 Å². The molecule has 1 aromatic carbocycles. The Hall–Kier alpha value is -2.61. The molecule has 0 saturated carbocycles. The molecule has 8 nitrogen and oxygen atoms in total. The van der Waals surface area contributed by atoms with Crippen molar-refractivity contribution in [3.8, 4) is 0 Å². The Bertz CT molecular complexity index is 619. The number of rotatable bonds is 10. The van der Waals surface area contributed by atoms with Crippen LogP contribution in [0.3, 0.4) is 0 Å². The summed E-state index contributed by atoms with van der Waals surface area (Å²) in [6.07, 6.45) is 1.11. The molecular weight excluding hydrogens is 346 g/mol. The number of nitrogens with two attached hydrogens (primary N) is 2. The number of hydrogen-bond donors (Lipinski definition) is 4. The summed E-state index contributed by atoms with van der Waals surface area (Å²) in [5, 5.41) is 5.61. The van der Waals surface area contributed by atoms with E-state index >= 15 is 0 Å². The third-order valence-electron chi connectivity index (χ3n) is 4.02. The molecule has 2 atom stereocenters. The van der Waals surface area contributed by atoms with Gasteiger partial charge in [-0.15, -0.1) is 0 Å². The minimum Gasteiger partial charge on any atom is -0.459 e. The predicted molar refractivity (Wildman–Crippen MR) is 106 cm³/mol. The lowest BCUT2D eigenvalue weighted by molar-refractivity contribution is -0.150. The number of guanidine groups is 1. The average molecular weight is 377 g/mol.